The van der Waals surface area contributed by atoms with Crippen molar-refractivity contribution in [3.8, 4) is 11.5 Å². The molecule has 0 atom stereocenters. The van der Waals surface area contributed by atoms with Gasteiger partial charge in [-0.1, -0.05) is 0 Å². The summed E-state index contributed by atoms with van der Waals surface area (Å²) in [6.07, 6.45) is -4.37. The molecule has 0 aromatic heterocycles. The molecule has 0 fully saturated rings. The molecule has 0 aliphatic rings. The molecule has 0 aliphatic carbocycles. The van der Waals surface area contributed by atoms with Crippen LogP contribution >= 0.6 is 0 Å². The second-order valence-electron chi connectivity index (χ2n) is 3.35. The number of hydrogen-bond acceptors (Lipinski definition) is 4. The number of ether oxygens (including phenoxy) is 2. The highest BCUT2D eigenvalue weighted by Gasteiger charge is 2.43. The Hall–Kier alpha value is -2.18. The van der Waals surface area contributed by atoms with Crippen molar-refractivity contribution >= 4 is 11.8 Å². The van der Waals surface area contributed by atoms with Gasteiger partial charge in [-0.3, -0.25) is 4.79 Å². The van der Waals surface area contributed by atoms with Crippen LogP contribution in [0.5, 0.6) is 11.5 Å². The molecule has 7 heteroatoms. The number of halogens is 2. The van der Waals surface area contributed by atoms with Gasteiger partial charge in [0.25, 0.3) is 0 Å². The third-order valence-electron chi connectivity index (χ3n) is 2.06. The van der Waals surface area contributed by atoms with E-state index in [0.29, 0.717) is 0 Å². The highest BCUT2D eigenvalue weighted by Crippen LogP contribution is 2.32. The van der Waals surface area contributed by atoms with Gasteiger partial charge in [-0.05, 0) is 25.1 Å². The molecule has 1 aromatic carbocycles. The zero-order valence-corrected chi connectivity index (χ0v) is 9.57. The Kier molecular flexibility index (Phi) is 3.85. The number of hydrogen-bond donors (Lipinski definition) is 1. The Balaban J connectivity index is 3.11. The number of carboxylic acids is 1. The minimum atomic E-state index is -4.37. The number of methoxy groups -OCH3 is 1. The van der Waals surface area contributed by atoms with E-state index in [-0.39, 0.29) is 17.1 Å². The minimum Gasteiger partial charge on any atom is -0.493 e. The Labute approximate surface area is 101 Å². The Morgan fingerprint density at radius 3 is 2.33 bits per heavy atom. The fraction of sp³-hybridized carbons (Fsp3) is 0.273. The monoisotopic (exact) mass is 260 g/mol. The van der Waals surface area contributed by atoms with E-state index in [1.165, 1.54) is 26.2 Å². The average Bonchev–Trinajstić information content (AvgIpc) is 2.28. The summed E-state index contributed by atoms with van der Waals surface area (Å²) in [5.41, 5.74) is 0.234. The predicted molar refractivity (Wildman–Crippen MR) is 56.2 cm³/mol. The highest BCUT2D eigenvalue weighted by atomic mass is 19.3. The standard InChI is InChI=1S/C11H10F2O5/c1-6(14)7-3-4-8(9(5-7)17-2)18-11(12,13)10(15)16/h3-5H,1-2H3,(H,15,16). The summed E-state index contributed by atoms with van der Waals surface area (Å²) in [6, 6.07) is 3.47. The van der Waals surface area contributed by atoms with Gasteiger partial charge < -0.3 is 14.6 Å². The van der Waals surface area contributed by atoms with Crippen molar-refractivity contribution in [2.24, 2.45) is 0 Å². The number of carbonyl (C=O) groups excluding carboxylic acids is 1. The summed E-state index contributed by atoms with van der Waals surface area (Å²) in [5, 5.41) is 8.24. The van der Waals surface area contributed by atoms with E-state index in [2.05, 4.69) is 4.74 Å². The summed E-state index contributed by atoms with van der Waals surface area (Å²) in [7, 11) is 1.19. The van der Waals surface area contributed by atoms with E-state index in [1.54, 1.807) is 0 Å². The van der Waals surface area contributed by atoms with Crippen molar-refractivity contribution in [1.82, 2.24) is 0 Å². The summed E-state index contributed by atoms with van der Waals surface area (Å²) < 4.78 is 34.5. The van der Waals surface area contributed by atoms with Crippen molar-refractivity contribution < 1.29 is 33.0 Å². The second-order valence-corrected chi connectivity index (χ2v) is 3.35. The van der Waals surface area contributed by atoms with Gasteiger partial charge in [0, 0.05) is 5.56 Å². The van der Waals surface area contributed by atoms with Crippen molar-refractivity contribution in [3.05, 3.63) is 23.8 Å². The first-order valence-corrected chi connectivity index (χ1v) is 4.77. The van der Waals surface area contributed by atoms with Crippen LogP contribution in [0.15, 0.2) is 18.2 Å². The molecule has 0 unspecified atom stereocenters. The molecule has 1 rings (SSSR count). The van der Waals surface area contributed by atoms with Crippen molar-refractivity contribution in [2.45, 2.75) is 13.0 Å². The van der Waals surface area contributed by atoms with Crippen LogP contribution in [-0.2, 0) is 4.79 Å². The molecule has 0 spiro atoms. The quantitative estimate of drug-likeness (QED) is 0.819. The van der Waals surface area contributed by atoms with Gasteiger partial charge in [-0.2, -0.15) is 8.78 Å². The molecule has 0 bridgehead atoms. The average molecular weight is 260 g/mol. The van der Waals surface area contributed by atoms with E-state index < -0.39 is 17.8 Å². The Morgan fingerprint density at radius 1 is 1.28 bits per heavy atom. The van der Waals surface area contributed by atoms with E-state index in [9.17, 15) is 18.4 Å². The van der Waals surface area contributed by atoms with Crippen molar-refractivity contribution in [2.75, 3.05) is 7.11 Å². The molecular weight excluding hydrogens is 250 g/mol. The molecule has 0 heterocycles. The van der Waals surface area contributed by atoms with Gasteiger partial charge >= 0.3 is 12.1 Å². The fourth-order valence-electron chi connectivity index (χ4n) is 1.15. The predicted octanol–water partition coefficient (Wildman–Crippen LogP) is 1.95. The maximum absolute atomic E-state index is 12.9. The van der Waals surface area contributed by atoms with Gasteiger partial charge in [-0.25, -0.2) is 4.79 Å². The smallest absolute Gasteiger partial charge is 0.493 e. The molecule has 18 heavy (non-hydrogen) atoms. The zero-order chi connectivity index (χ0) is 13.9. The summed E-state index contributed by atoms with van der Waals surface area (Å²) in [5.74, 6) is -3.32. The van der Waals surface area contributed by atoms with Crippen LogP contribution in [-0.4, -0.2) is 30.1 Å². The first-order chi connectivity index (χ1) is 8.27. The van der Waals surface area contributed by atoms with Crippen molar-refractivity contribution in [1.29, 1.82) is 0 Å². The largest absolute Gasteiger partial charge is 0.502 e. The normalized spacial score (nSPS) is 10.9. The number of aliphatic carboxylic acids is 1. The van der Waals surface area contributed by atoms with Gasteiger partial charge in [0.05, 0.1) is 7.11 Å². The van der Waals surface area contributed by atoms with Crippen LogP contribution in [0.4, 0.5) is 8.78 Å². The van der Waals surface area contributed by atoms with E-state index in [1.807, 2.05) is 0 Å². The summed E-state index contributed by atoms with van der Waals surface area (Å²) in [6.45, 7) is 1.29. The zero-order valence-electron chi connectivity index (χ0n) is 9.57. The number of alkyl halides is 2. The van der Waals surface area contributed by atoms with Crippen LogP contribution in [0.2, 0.25) is 0 Å². The van der Waals surface area contributed by atoms with Gasteiger partial charge in [0.15, 0.2) is 17.3 Å². The first-order valence-electron chi connectivity index (χ1n) is 4.77. The lowest BCUT2D eigenvalue weighted by Gasteiger charge is -2.15. The SMILES string of the molecule is COc1cc(C(C)=O)ccc1OC(F)(F)C(=O)O. The van der Waals surface area contributed by atoms with Crippen LogP contribution in [0.3, 0.4) is 0 Å². The number of Topliss-reactive ketones (excluding diaryl/α,β-unsaturated/α-hetero) is 1. The van der Waals surface area contributed by atoms with E-state index in [0.717, 1.165) is 6.07 Å². The van der Waals surface area contributed by atoms with E-state index in [4.69, 9.17) is 9.84 Å². The molecular formula is C11H10F2O5. The second kappa shape index (κ2) is 4.99. The molecule has 1 aromatic rings. The summed E-state index contributed by atoms with van der Waals surface area (Å²) >= 11 is 0. The molecule has 5 nitrogen and oxygen atoms in total. The molecule has 0 saturated heterocycles. The van der Waals surface area contributed by atoms with Gasteiger partial charge in [-0.15, -0.1) is 0 Å². The van der Waals surface area contributed by atoms with Gasteiger partial charge in [0.2, 0.25) is 0 Å². The number of ketones is 1. The topological polar surface area (TPSA) is 72.8 Å². The third-order valence-corrected chi connectivity index (χ3v) is 2.06. The fourth-order valence-corrected chi connectivity index (χ4v) is 1.15. The lowest BCUT2D eigenvalue weighted by atomic mass is 10.1. The summed E-state index contributed by atoms with van der Waals surface area (Å²) in [4.78, 5) is 21.3. The van der Waals surface area contributed by atoms with Gasteiger partial charge in [0.1, 0.15) is 0 Å². The number of carboxylic acid groups (broad SMARTS) is 1. The lowest BCUT2D eigenvalue weighted by molar-refractivity contribution is -0.211. The van der Waals surface area contributed by atoms with E-state index >= 15 is 0 Å². The maximum Gasteiger partial charge on any atom is 0.502 e. The minimum absolute atomic E-state index is 0.149. The Morgan fingerprint density at radius 2 is 1.89 bits per heavy atom. The molecule has 0 radical (unpaired) electrons. The lowest BCUT2D eigenvalue weighted by Crippen LogP contribution is -2.34. The highest BCUT2D eigenvalue weighted by molar-refractivity contribution is 5.94. The van der Waals surface area contributed by atoms with Crippen LogP contribution in [0.25, 0.3) is 0 Å². The number of carbonyl (C=O) groups is 2. The molecule has 98 valence electrons. The number of benzene rings is 1. The number of rotatable bonds is 5. The third kappa shape index (κ3) is 2.93. The van der Waals surface area contributed by atoms with Crippen molar-refractivity contribution in [3.63, 3.8) is 0 Å². The maximum atomic E-state index is 12.9. The molecule has 1 N–H and O–H groups in total. The van der Waals surface area contributed by atoms with Crippen LogP contribution in [0, 0.1) is 0 Å². The van der Waals surface area contributed by atoms with Crippen LogP contribution < -0.4 is 9.47 Å². The van der Waals surface area contributed by atoms with Crippen LogP contribution in [0.1, 0.15) is 17.3 Å². The first kappa shape index (κ1) is 13.9. The Bertz CT molecular complexity index is 484. The molecule has 0 aliphatic heterocycles. The molecule has 0 saturated carbocycles. The molecule has 0 amide bonds.